The molecule has 0 N–H and O–H groups in total. The van der Waals surface area contributed by atoms with E-state index >= 15 is 0 Å². The second kappa shape index (κ2) is 3.66. The first-order chi connectivity index (χ1) is 4.84. The topological polar surface area (TPSA) is 26.3 Å². The molecule has 0 atom stereocenters. The molecule has 2 nitrogen and oxygen atoms in total. The molecule has 0 spiro atoms. The third-order valence-electron chi connectivity index (χ3n) is 1.19. The summed E-state index contributed by atoms with van der Waals surface area (Å²) in [6, 6.07) is 9.01. The third kappa shape index (κ3) is 1.77. The van der Waals surface area contributed by atoms with Crippen molar-refractivity contribution in [3.8, 4) is 0 Å². The van der Waals surface area contributed by atoms with Crippen molar-refractivity contribution < 1.29 is 7.65 Å². The molecule has 0 aliphatic rings. The van der Waals surface area contributed by atoms with Gasteiger partial charge in [0.15, 0.2) is 0 Å². The van der Waals surface area contributed by atoms with Gasteiger partial charge in [0.1, 0.15) is 0 Å². The molecule has 0 heterocycles. The zero-order valence-electron chi connectivity index (χ0n) is 5.70. The van der Waals surface area contributed by atoms with Gasteiger partial charge in [-0.1, -0.05) is 0 Å². The molecule has 1 aromatic carbocycles. The molecule has 3 heteroatoms. The first kappa shape index (κ1) is 7.66. The summed E-state index contributed by atoms with van der Waals surface area (Å²) >= 11 is -0.00897. The van der Waals surface area contributed by atoms with Crippen LogP contribution in [0.1, 0.15) is 10.4 Å². The molecule has 0 fully saturated rings. The van der Waals surface area contributed by atoms with Gasteiger partial charge >= 0.3 is 74.3 Å². The van der Waals surface area contributed by atoms with Crippen LogP contribution < -0.4 is 0 Å². The molecule has 0 saturated carbocycles. The van der Waals surface area contributed by atoms with Crippen LogP contribution in [0.25, 0.3) is 0 Å². The van der Waals surface area contributed by atoms with Crippen molar-refractivity contribution in [2.45, 2.75) is 0 Å². The van der Waals surface area contributed by atoms with E-state index in [0.717, 1.165) is 0 Å². The van der Waals surface area contributed by atoms with E-state index in [-0.39, 0.29) is 30.8 Å². The van der Waals surface area contributed by atoms with Crippen molar-refractivity contribution in [1.29, 1.82) is 0 Å². The van der Waals surface area contributed by atoms with Crippen molar-refractivity contribution in [2.24, 2.45) is 0 Å². The Morgan fingerprint density at radius 2 is 1.90 bits per heavy atom. The Balaban J connectivity index is 2.85. The predicted molar refractivity (Wildman–Crippen MR) is 40.4 cm³/mol. The van der Waals surface area contributed by atoms with Crippen molar-refractivity contribution in [1.82, 2.24) is 0 Å². The Kier molecular flexibility index (Phi) is 2.81. The summed E-state index contributed by atoms with van der Waals surface area (Å²) in [5.74, 6) is -0.198. The van der Waals surface area contributed by atoms with Crippen LogP contribution in [0.5, 0.6) is 0 Å². The van der Waals surface area contributed by atoms with Gasteiger partial charge in [-0.25, -0.2) is 0 Å². The molecular weight excluding hydrogens is 231 g/mol. The molecule has 0 unspecified atom stereocenters. The van der Waals surface area contributed by atoms with Crippen LogP contribution in [0.2, 0.25) is 0 Å². The predicted octanol–water partition coefficient (Wildman–Crippen LogP) is 0.391. The van der Waals surface area contributed by atoms with E-state index in [9.17, 15) is 4.79 Å². The van der Waals surface area contributed by atoms with Gasteiger partial charge < -0.3 is 0 Å². The number of carbonyl (C=O) groups is 1. The van der Waals surface area contributed by atoms with E-state index in [4.69, 9.17) is 2.85 Å². The second-order valence-corrected chi connectivity index (χ2v) is 3.02. The fourth-order valence-corrected chi connectivity index (χ4v) is 1.36. The van der Waals surface area contributed by atoms with Crippen LogP contribution in [-0.2, 0) is 2.85 Å². The van der Waals surface area contributed by atoms with E-state index in [0.29, 0.717) is 5.56 Å². The van der Waals surface area contributed by atoms with E-state index in [2.05, 4.69) is 0 Å². The molecule has 0 amide bonds. The van der Waals surface area contributed by atoms with Crippen molar-refractivity contribution in [2.75, 3.05) is 0 Å². The molecule has 0 radical (unpaired) electrons. The van der Waals surface area contributed by atoms with Crippen LogP contribution in [0.4, 0.5) is 0 Å². The fourth-order valence-electron chi connectivity index (χ4n) is 0.692. The van der Waals surface area contributed by atoms with E-state index < -0.39 is 0 Å². The quantitative estimate of drug-likeness (QED) is 0.707. The number of hydrogen-bond donors (Lipinski definition) is 0. The summed E-state index contributed by atoms with van der Waals surface area (Å²) in [5.41, 5.74) is 0.640. The van der Waals surface area contributed by atoms with Crippen LogP contribution in [-0.4, -0.2) is 30.8 Å². The molecule has 10 heavy (non-hydrogen) atoms. The van der Waals surface area contributed by atoms with Crippen molar-refractivity contribution in [3.05, 3.63) is 35.9 Å². The number of carbonyl (C=O) groups excluding carboxylic acids is 1. The molecule has 0 aliphatic heterocycles. The number of benzene rings is 1. The molecule has 50 valence electrons. The normalized spacial score (nSPS) is 8.80. The summed E-state index contributed by atoms with van der Waals surface area (Å²) < 4.78 is 4.71. The Morgan fingerprint density at radius 3 is 2.40 bits per heavy atom. The summed E-state index contributed by atoms with van der Waals surface area (Å²) in [5, 5.41) is 0. The molecule has 0 aliphatic carbocycles. The maximum atomic E-state index is 10.8. The van der Waals surface area contributed by atoms with Crippen LogP contribution >= 0.6 is 0 Å². The van der Waals surface area contributed by atoms with Gasteiger partial charge in [0, 0.05) is 0 Å². The van der Waals surface area contributed by atoms with Gasteiger partial charge in [-0.05, 0) is 0 Å². The first-order valence-electron chi connectivity index (χ1n) is 2.98. The number of rotatable bonds is 1. The summed E-state index contributed by atoms with van der Waals surface area (Å²) in [4.78, 5) is 10.8. The summed E-state index contributed by atoms with van der Waals surface area (Å²) in [6.07, 6.45) is 0. The number of hydrogen-bond acceptors (Lipinski definition) is 2. The van der Waals surface area contributed by atoms with Gasteiger partial charge in [0.05, 0.1) is 0 Å². The van der Waals surface area contributed by atoms with E-state index in [1.807, 2.05) is 18.2 Å². The first-order valence-corrected chi connectivity index (χ1v) is 5.31. The molecule has 1 aromatic rings. The van der Waals surface area contributed by atoms with E-state index in [1.54, 1.807) is 12.1 Å². The molecule has 0 saturated heterocycles. The Morgan fingerprint density at radius 1 is 1.30 bits per heavy atom. The van der Waals surface area contributed by atoms with E-state index in [1.165, 1.54) is 0 Å². The minimum atomic E-state index is -0.198. The molecule has 0 aromatic heterocycles. The SMILES string of the molecule is O=C([O][InH2])c1ccccc1. The van der Waals surface area contributed by atoms with Gasteiger partial charge in [-0.15, -0.1) is 0 Å². The van der Waals surface area contributed by atoms with Crippen molar-refractivity contribution >= 4 is 30.8 Å². The van der Waals surface area contributed by atoms with Gasteiger partial charge in [0.25, 0.3) is 0 Å². The molecule has 0 bridgehead atoms. The van der Waals surface area contributed by atoms with Crippen LogP contribution in [0.15, 0.2) is 30.3 Å². The zero-order chi connectivity index (χ0) is 7.40. The minimum absolute atomic E-state index is 0.00897. The standard InChI is InChI=1S/C7H6O2.In.2H/c8-7(9)6-4-2-1-3-5-6;;;/h1-5H,(H,8,9);;;/q;+1;;/p-1. The average molecular weight is 238 g/mol. The van der Waals surface area contributed by atoms with Crippen LogP contribution in [0, 0.1) is 0 Å². The van der Waals surface area contributed by atoms with Gasteiger partial charge in [0.2, 0.25) is 0 Å². The van der Waals surface area contributed by atoms with Gasteiger partial charge in [-0.3, -0.25) is 0 Å². The monoisotopic (exact) mass is 238 g/mol. The second-order valence-electron chi connectivity index (χ2n) is 1.86. The Bertz CT molecular complexity index is 220. The third-order valence-corrected chi connectivity index (χ3v) is 2.25. The average Bonchev–Trinajstić information content (AvgIpc) is 2.05. The summed E-state index contributed by atoms with van der Waals surface area (Å²) in [7, 11) is 0. The molecule has 1 rings (SSSR count). The zero-order valence-corrected chi connectivity index (χ0v) is 11.4. The fraction of sp³-hybridized carbons (Fsp3) is 0. The Hall–Kier alpha value is -0.440. The Labute approximate surface area is 74.4 Å². The molecular formula is C7H7InO2. The summed E-state index contributed by atoms with van der Waals surface area (Å²) in [6.45, 7) is 0. The van der Waals surface area contributed by atoms with Gasteiger partial charge in [-0.2, -0.15) is 0 Å². The maximum absolute atomic E-state index is 10.8. The van der Waals surface area contributed by atoms with Crippen LogP contribution in [0.3, 0.4) is 0 Å². The van der Waals surface area contributed by atoms with Crippen molar-refractivity contribution in [3.63, 3.8) is 0 Å².